The van der Waals surface area contributed by atoms with Gasteiger partial charge in [0.1, 0.15) is 0 Å². The van der Waals surface area contributed by atoms with Crippen LogP contribution < -0.4 is 4.80 Å². The van der Waals surface area contributed by atoms with E-state index in [0.717, 1.165) is 45.8 Å². The van der Waals surface area contributed by atoms with E-state index >= 15 is 0 Å². The Balaban J connectivity index is 2.04. The molecule has 2 amide bonds. The third-order valence-corrected chi connectivity index (χ3v) is 5.02. The lowest BCUT2D eigenvalue weighted by Crippen LogP contribution is -2.27. The molecule has 1 aromatic carbocycles. The van der Waals surface area contributed by atoms with Crippen LogP contribution in [0, 0.1) is 6.92 Å². The largest absolute Gasteiger partial charge is 0.346 e. The summed E-state index contributed by atoms with van der Waals surface area (Å²) in [6, 6.07) is 7.82. The molecular formula is C15H16BrN3OS. The number of nitrogens with zero attached hydrogens (tertiary/aromatic N) is 3. The van der Waals surface area contributed by atoms with E-state index in [4.69, 9.17) is 0 Å². The molecule has 0 radical (unpaired) electrons. The van der Waals surface area contributed by atoms with Crippen LogP contribution in [-0.4, -0.2) is 28.6 Å². The lowest BCUT2D eigenvalue weighted by Gasteiger charge is -2.11. The van der Waals surface area contributed by atoms with E-state index in [2.05, 4.69) is 20.9 Å². The van der Waals surface area contributed by atoms with Gasteiger partial charge in [0.2, 0.25) is 0 Å². The van der Waals surface area contributed by atoms with Gasteiger partial charge in [-0.15, -0.1) is 11.3 Å². The fraction of sp³-hybridized carbons (Fsp3) is 0.333. The van der Waals surface area contributed by atoms with Crippen molar-refractivity contribution in [2.45, 2.75) is 19.8 Å². The fourth-order valence-electron chi connectivity index (χ4n) is 2.41. The third kappa shape index (κ3) is 3.11. The number of hydrogen-bond donors (Lipinski definition) is 0. The summed E-state index contributed by atoms with van der Waals surface area (Å²) in [5, 5.41) is 0. The Labute approximate surface area is 135 Å². The molecular weight excluding hydrogens is 350 g/mol. The minimum atomic E-state index is -0.129. The molecule has 0 saturated carbocycles. The second-order valence-corrected chi connectivity index (χ2v) is 7.10. The lowest BCUT2D eigenvalue weighted by molar-refractivity contribution is 0.218. The Morgan fingerprint density at radius 2 is 2.00 bits per heavy atom. The molecule has 0 spiro atoms. The van der Waals surface area contributed by atoms with Crippen molar-refractivity contribution in [3.8, 4) is 5.69 Å². The summed E-state index contributed by atoms with van der Waals surface area (Å²) < 4.78 is 2.95. The van der Waals surface area contributed by atoms with Crippen molar-refractivity contribution in [3.63, 3.8) is 0 Å². The molecule has 3 rings (SSSR count). The number of benzene rings is 1. The second kappa shape index (κ2) is 6.15. The number of halogens is 1. The summed E-state index contributed by atoms with van der Waals surface area (Å²) in [6.45, 7) is 3.67. The van der Waals surface area contributed by atoms with Crippen molar-refractivity contribution >= 4 is 33.3 Å². The summed E-state index contributed by atoms with van der Waals surface area (Å²) in [7, 11) is 0. The first-order chi connectivity index (χ1) is 10.1. The Hall–Kier alpha value is -1.40. The molecule has 0 bridgehead atoms. The van der Waals surface area contributed by atoms with Crippen LogP contribution in [0.25, 0.3) is 5.69 Å². The van der Waals surface area contributed by atoms with Crippen LogP contribution in [0.4, 0.5) is 4.79 Å². The summed E-state index contributed by atoms with van der Waals surface area (Å²) in [6.07, 6.45) is 4.17. The highest BCUT2D eigenvalue weighted by Crippen LogP contribution is 2.20. The zero-order chi connectivity index (χ0) is 14.8. The van der Waals surface area contributed by atoms with E-state index in [1.807, 2.05) is 46.9 Å². The maximum Gasteiger partial charge on any atom is 0.346 e. The van der Waals surface area contributed by atoms with Gasteiger partial charge < -0.3 is 4.90 Å². The smallest absolute Gasteiger partial charge is 0.323 e. The predicted molar refractivity (Wildman–Crippen MR) is 87.8 cm³/mol. The van der Waals surface area contributed by atoms with E-state index in [0.29, 0.717) is 0 Å². The molecule has 1 aliphatic rings. The van der Waals surface area contributed by atoms with Crippen LogP contribution in [0.1, 0.15) is 17.7 Å². The average Bonchev–Trinajstić information content (AvgIpc) is 3.09. The van der Waals surface area contributed by atoms with Crippen LogP contribution in [0.15, 0.2) is 39.9 Å². The summed E-state index contributed by atoms with van der Waals surface area (Å²) >= 11 is 5.09. The van der Waals surface area contributed by atoms with Crippen molar-refractivity contribution in [3.05, 3.63) is 44.6 Å². The SMILES string of the molecule is Cc1cn(-c2ccccc2Br)c(=NC(=O)N2CCCC2)s1. The fourth-order valence-corrected chi connectivity index (χ4v) is 3.71. The number of carbonyl (C=O) groups excluding carboxylic acids is 1. The van der Waals surface area contributed by atoms with Crippen molar-refractivity contribution in [1.29, 1.82) is 0 Å². The number of aromatic nitrogens is 1. The maximum atomic E-state index is 12.2. The molecule has 0 atom stereocenters. The first-order valence-electron chi connectivity index (χ1n) is 6.93. The summed E-state index contributed by atoms with van der Waals surface area (Å²) in [5.74, 6) is 0. The predicted octanol–water partition coefficient (Wildman–Crippen LogP) is 3.73. The maximum absolute atomic E-state index is 12.2. The van der Waals surface area contributed by atoms with Crippen molar-refractivity contribution in [2.75, 3.05) is 13.1 Å². The van der Waals surface area contributed by atoms with Gasteiger partial charge in [-0.2, -0.15) is 4.99 Å². The van der Waals surface area contributed by atoms with Gasteiger partial charge in [-0.1, -0.05) is 12.1 Å². The van der Waals surface area contributed by atoms with Gasteiger partial charge in [0, 0.05) is 28.6 Å². The topological polar surface area (TPSA) is 37.6 Å². The van der Waals surface area contributed by atoms with Gasteiger partial charge >= 0.3 is 6.03 Å². The van der Waals surface area contributed by atoms with E-state index in [1.165, 1.54) is 11.3 Å². The zero-order valence-corrected chi connectivity index (χ0v) is 14.2. The number of urea groups is 1. The molecule has 6 heteroatoms. The van der Waals surface area contributed by atoms with Crippen molar-refractivity contribution < 1.29 is 4.79 Å². The number of thiazole rings is 1. The summed E-state index contributed by atoms with van der Waals surface area (Å²) in [4.78, 5) is 20.2. The number of rotatable bonds is 1. The van der Waals surface area contributed by atoms with Crippen LogP contribution in [-0.2, 0) is 0 Å². The monoisotopic (exact) mass is 365 g/mol. The molecule has 4 nitrogen and oxygen atoms in total. The van der Waals surface area contributed by atoms with Crippen LogP contribution >= 0.6 is 27.3 Å². The molecule has 1 saturated heterocycles. The minimum absolute atomic E-state index is 0.129. The number of aryl methyl sites for hydroxylation is 1. The van der Waals surface area contributed by atoms with Gasteiger partial charge in [-0.25, -0.2) is 4.79 Å². The molecule has 0 unspecified atom stereocenters. The number of hydrogen-bond acceptors (Lipinski definition) is 2. The minimum Gasteiger partial charge on any atom is -0.323 e. The number of carbonyl (C=O) groups is 1. The highest BCUT2D eigenvalue weighted by atomic mass is 79.9. The normalized spacial score (nSPS) is 15.7. The molecule has 110 valence electrons. The second-order valence-electron chi connectivity index (χ2n) is 5.03. The molecule has 0 N–H and O–H groups in total. The standard InChI is InChI=1S/C15H16BrN3OS/c1-11-10-19(13-7-3-2-6-12(13)16)15(21-11)17-14(20)18-8-4-5-9-18/h2-3,6-7,10H,4-5,8-9H2,1H3. The Morgan fingerprint density at radius 3 is 2.71 bits per heavy atom. The van der Waals surface area contributed by atoms with E-state index < -0.39 is 0 Å². The molecule has 2 aromatic rings. The molecule has 1 aromatic heterocycles. The Bertz CT molecular complexity index is 729. The van der Waals surface area contributed by atoms with Crippen LogP contribution in [0.2, 0.25) is 0 Å². The van der Waals surface area contributed by atoms with Gasteiger partial charge in [-0.3, -0.25) is 4.57 Å². The van der Waals surface area contributed by atoms with Crippen LogP contribution in [0.5, 0.6) is 0 Å². The number of para-hydroxylation sites is 1. The van der Waals surface area contributed by atoms with Crippen molar-refractivity contribution in [2.24, 2.45) is 4.99 Å². The number of likely N-dealkylation sites (tertiary alicyclic amines) is 1. The van der Waals surface area contributed by atoms with E-state index in [1.54, 1.807) is 0 Å². The van der Waals surface area contributed by atoms with Crippen LogP contribution in [0.3, 0.4) is 0 Å². The molecule has 2 heterocycles. The van der Waals surface area contributed by atoms with Gasteiger partial charge in [0.25, 0.3) is 0 Å². The molecule has 1 fully saturated rings. The van der Waals surface area contributed by atoms with E-state index in [9.17, 15) is 4.79 Å². The third-order valence-electron chi connectivity index (χ3n) is 3.45. The molecule has 0 aliphatic carbocycles. The Kier molecular flexibility index (Phi) is 4.26. The summed E-state index contributed by atoms with van der Waals surface area (Å²) in [5.41, 5.74) is 0.995. The number of amides is 2. The highest BCUT2D eigenvalue weighted by Gasteiger charge is 2.17. The quantitative estimate of drug-likeness (QED) is 0.758. The van der Waals surface area contributed by atoms with Gasteiger partial charge in [-0.05, 0) is 47.8 Å². The highest BCUT2D eigenvalue weighted by molar-refractivity contribution is 9.10. The first-order valence-corrected chi connectivity index (χ1v) is 8.54. The first kappa shape index (κ1) is 14.5. The van der Waals surface area contributed by atoms with Crippen molar-refractivity contribution in [1.82, 2.24) is 9.47 Å². The van der Waals surface area contributed by atoms with E-state index in [-0.39, 0.29) is 6.03 Å². The molecule has 21 heavy (non-hydrogen) atoms. The average molecular weight is 366 g/mol. The Morgan fingerprint density at radius 1 is 1.29 bits per heavy atom. The van der Waals surface area contributed by atoms with Gasteiger partial charge in [0.15, 0.2) is 4.80 Å². The molecule has 1 aliphatic heterocycles. The zero-order valence-electron chi connectivity index (χ0n) is 11.8. The van der Waals surface area contributed by atoms with Gasteiger partial charge in [0.05, 0.1) is 5.69 Å². The lowest BCUT2D eigenvalue weighted by atomic mass is 10.3.